The normalized spacial score (nSPS) is 9.69. The molecule has 0 bridgehead atoms. The minimum atomic E-state index is -0.243. The quantitative estimate of drug-likeness (QED) is 0.720. The van der Waals surface area contributed by atoms with Crippen molar-refractivity contribution in [2.75, 3.05) is 31.3 Å². The number of esters is 1. The van der Waals surface area contributed by atoms with Crippen molar-refractivity contribution < 1.29 is 9.53 Å². The van der Waals surface area contributed by atoms with Crippen molar-refractivity contribution in [3.8, 4) is 0 Å². The van der Waals surface area contributed by atoms with E-state index in [9.17, 15) is 4.79 Å². The highest BCUT2D eigenvalue weighted by Gasteiger charge is 2.05. The van der Waals surface area contributed by atoms with Crippen molar-refractivity contribution in [1.82, 2.24) is 9.97 Å². The Morgan fingerprint density at radius 1 is 1.44 bits per heavy atom. The van der Waals surface area contributed by atoms with E-state index in [4.69, 9.17) is 0 Å². The second-order valence-corrected chi connectivity index (χ2v) is 3.20. The molecule has 0 aromatic carbocycles. The highest BCUT2D eigenvalue weighted by atomic mass is 16.5. The maximum atomic E-state index is 10.9. The van der Waals surface area contributed by atoms with Crippen LogP contribution >= 0.6 is 0 Å². The van der Waals surface area contributed by atoms with Crippen LogP contribution in [-0.4, -0.2) is 36.6 Å². The zero-order chi connectivity index (χ0) is 12.0. The number of aromatic nitrogens is 2. The maximum absolute atomic E-state index is 10.9. The molecule has 0 saturated heterocycles. The number of nitrogens with one attached hydrogen (secondary N) is 2. The third kappa shape index (κ3) is 3.08. The Kier molecular flexibility index (Phi) is 4.50. The fourth-order valence-electron chi connectivity index (χ4n) is 1.27. The largest absolute Gasteiger partial charge is 0.469 e. The highest BCUT2D eigenvalue weighted by Crippen LogP contribution is 2.17. The van der Waals surface area contributed by atoms with Gasteiger partial charge in [-0.05, 0) is 6.92 Å². The molecule has 88 valence electrons. The van der Waals surface area contributed by atoms with Crippen molar-refractivity contribution in [2.45, 2.75) is 13.3 Å². The monoisotopic (exact) mass is 224 g/mol. The van der Waals surface area contributed by atoms with Crippen molar-refractivity contribution in [1.29, 1.82) is 0 Å². The Bertz CT molecular complexity index is 368. The lowest BCUT2D eigenvalue weighted by Gasteiger charge is -2.10. The zero-order valence-corrected chi connectivity index (χ0v) is 9.70. The van der Waals surface area contributed by atoms with Gasteiger partial charge in [0.2, 0.25) is 0 Å². The summed E-state index contributed by atoms with van der Waals surface area (Å²) < 4.78 is 4.54. The van der Waals surface area contributed by atoms with Gasteiger partial charge in [-0.2, -0.15) is 0 Å². The first-order chi connectivity index (χ1) is 7.69. The van der Waals surface area contributed by atoms with Crippen molar-refractivity contribution in [2.24, 2.45) is 0 Å². The molecule has 0 atom stereocenters. The minimum absolute atomic E-state index is 0.243. The number of hydrogen-bond donors (Lipinski definition) is 2. The molecule has 16 heavy (non-hydrogen) atoms. The lowest BCUT2D eigenvalue weighted by atomic mass is 10.3. The summed E-state index contributed by atoms with van der Waals surface area (Å²) in [6, 6.07) is 0. The molecule has 1 aromatic rings. The number of methoxy groups -OCH3 is 1. The lowest BCUT2D eigenvalue weighted by molar-refractivity contribution is -0.140. The van der Waals surface area contributed by atoms with Gasteiger partial charge in [0.15, 0.2) is 0 Å². The molecule has 0 spiro atoms. The standard InChI is InChI=1S/C10H16N4O2/c1-7-9(11-2)13-6-14-10(7)12-5-4-8(15)16-3/h6H,4-5H2,1-3H3,(H2,11,12,13,14). The number of anilines is 2. The molecule has 0 radical (unpaired) electrons. The van der Waals surface area contributed by atoms with E-state index in [-0.39, 0.29) is 5.97 Å². The predicted molar refractivity (Wildman–Crippen MR) is 61.4 cm³/mol. The lowest BCUT2D eigenvalue weighted by Crippen LogP contribution is -2.12. The first-order valence-corrected chi connectivity index (χ1v) is 4.99. The molecule has 0 amide bonds. The van der Waals surface area contributed by atoms with E-state index >= 15 is 0 Å². The van der Waals surface area contributed by atoms with Crippen molar-refractivity contribution in [3.63, 3.8) is 0 Å². The van der Waals surface area contributed by atoms with Crippen LogP contribution in [-0.2, 0) is 9.53 Å². The second kappa shape index (κ2) is 5.89. The number of ether oxygens (including phenoxy) is 1. The first kappa shape index (κ1) is 12.2. The average molecular weight is 224 g/mol. The van der Waals surface area contributed by atoms with E-state index in [1.54, 1.807) is 7.05 Å². The van der Waals surface area contributed by atoms with E-state index in [1.807, 2.05) is 6.92 Å². The van der Waals surface area contributed by atoms with E-state index < -0.39 is 0 Å². The molecule has 1 aromatic heterocycles. The topological polar surface area (TPSA) is 76.1 Å². The van der Waals surface area contributed by atoms with E-state index in [2.05, 4.69) is 25.3 Å². The summed E-state index contributed by atoms with van der Waals surface area (Å²) in [6.45, 7) is 2.40. The van der Waals surface area contributed by atoms with E-state index in [0.29, 0.717) is 13.0 Å². The van der Waals surface area contributed by atoms with Gasteiger partial charge >= 0.3 is 5.97 Å². The third-order valence-corrected chi connectivity index (χ3v) is 2.17. The number of carbonyl (C=O) groups is 1. The molecule has 1 rings (SSSR count). The molecule has 0 aliphatic carbocycles. The maximum Gasteiger partial charge on any atom is 0.307 e. The Morgan fingerprint density at radius 3 is 2.75 bits per heavy atom. The highest BCUT2D eigenvalue weighted by molar-refractivity contribution is 5.70. The summed E-state index contributed by atoms with van der Waals surface area (Å²) in [4.78, 5) is 19.1. The van der Waals surface area contributed by atoms with Gasteiger partial charge in [0, 0.05) is 19.2 Å². The number of carbonyl (C=O) groups excluding carboxylic acids is 1. The molecule has 1 heterocycles. The number of nitrogens with zero attached hydrogens (tertiary/aromatic N) is 2. The summed E-state index contributed by atoms with van der Waals surface area (Å²) in [5.41, 5.74) is 0.926. The SMILES string of the molecule is CNc1ncnc(NCCC(=O)OC)c1C. The van der Waals surface area contributed by atoms with Crippen LogP contribution in [0.5, 0.6) is 0 Å². The van der Waals surface area contributed by atoms with Crippen LogP contribution in [0.1, 0.15) is 12.0 Å². The fraction of sp³-hybridized carbons (Fsp3) is 0.500. The van der Waals surface area contributed by atoms with Gasteiger partial charge in [-0.25, -0.2) is 9.97 Å². The van der Waals surface area contributed by atoms with Crippen molar-refractivity contribution in [3.05, 3.63) is 11.9 Å². The average Bonchev–Trinajstić information content (AvgIpc) is 2.31. The third-order valence-electron chi connectivity index (χ3n) is 2.17. The smallest absolute Gasteiger partial charge is 0.307 e. The molecule has 0 unspecified atom stereocenters. The number of rotatable bonds is 5. The van der Waals surface area contributed by atoms with Gasteiger partial charge in [-0.1, -0.05) is 0 Å². The van der Waals surface area contributed by atoms with Crippen LogP contribution in [0.15, 0.2) is 6.33 Å². The molecular weight excluding hydrogens is 208 g/mol. The van der Waals surface area contributed by atoms with E-state index in [1.165, 1.54) is 13.4 Å². The van der Waals surface area contributed by atoms with Crippen LogP contribution in [0.3, 0.4) is 0 Å². The van der Waals surface area contributed by atoms with Crippen LogP contribution in [0, 0.1) is 6.92 Å². The van der Waals surface area contributed by atoms with Gasteiger partial charge < -0.3 is 15.4 Å². The van der Waals surface area contributed by atoms with Gasteiger partial charge in [-0.3, -0.25) is 4.79 Å². The molecule has 0 aliphatic rings. The molecule has 0 aliphatic heterocycles. The fourth-order valence-corrected chi connectivity index (χ4v) is 1.27. The molecule has 0 fully saturated rings. The summed E-state index contributed by atoms with van der Waals surface area (Å²) in [6.07, 6.45) is 1.79. The Labute approximate surface area is 94.4 Å². The number of hydrogen-bond acceptors (Lipinski definition) is 6. The van der Waals surface area contributed by atoms with Gasteiger partial charge in [0.1, 0.15) is 18.0 Å². The summed E-state index contributed by atoms with van der Waals surface area (Å²) in [5.74, 6) is 1.26. The van der Waals surface area contributed by atoms with Crippen LogP contribution < -0.4 is 10.6 Å². The molecular formula is C10H16N4O2. The van der Waals surface area contributed by atoms with Gasteiger partial charge in [0.25, 0.3) is 0 Å². The van der Waals surface area contributed by atoms with Crippen molar-refractivity contribution >= 4 is 17.6 Å². The molecule has 6 heteroatoms. The molecule has 2 N–H and O–H groups in total. The Hall–Kier alpha value is -1.85. The van der Waals surface area contributed by atoms with Gasteiger partial charge in [0.05, 0.1) is 13.5 Å². The van der Waals surface area contributed by atoms with Crippen LogP contribution in [0.2, 0.25) is 0 Å². The Balaban J connectivity index is 2.57. The van der Waals surface area contributed by atoms with Crippen LogP contribution in [0.25, 0.3) is 0 Å². The predicted octanol–water partition coefficient (Wildman–Crippen LogP) is 0.802. The summed E-state index contributed by atoms with van der Waals surface area (Å²) >= 11 is 0. The van der Waals surface area contributed by atoms with Crippen LogP contribution in [0.4, 0.5) is 11.6 Å². The minimum Gasteiger partial charge on any atom is -0.469 e. The summed E-state index contributed by atoms with van der Waals surface area (Å²) in [5, 5.41) is 6.02. The molecule has 0 saturated carbocycles. The first-order valence-electron chi connectivity index (χ1n) is 4.99. The summed E-state index contributed by atoms with van der Waals surface area (Å²) in [7, 11) is 3.17. The zero-order valence-electron chi connectivity index (χ0n) is 9.70. The Morgan fingerprint density at radius 2 is 2.12 bits per heavy atom. The second-order valence-electron chi connectivity index (χ2n) is 3.20. The van der Waals surface area contributed by atoms with Gasteiger partial charge in [-0.15, -0.1) is 0 Å². The molecule has 6 nitrogen and oxygen atoms in total. The van der Waals surface area contributed by atoms with E-state index in [0.717, 1.165) is 17.2 Å².